The molecule has 0 saturated carbocycles. The van der Waals surface area contributed by atoms with E-state index in [0.717, 1.165) is 40.3 Å². The van der Waals surface area contributed by atoms with Gasteiger partial charge in [0.1, 0.15) is 6.04 Å². The van der Waals surface area contributed by atoms with E-state index in [0.29, 0.717) is 24.0 Å². The first-order valence-electron chi connectivity index (χ1n) is 10.7. The number of rotatable bonds is 4. The van der Waals surface area contributed by atoms with Crippen LogP contribution >= 0.6 is 0 Å². The first-order chi connectivity index (χ1) is 15.1. The average molecular weight is 416 g/mol. The fourth-order valence-electron chi connectivity index (χ4n) is 4.58. The monoisotopic (exact) mass is 416 g/mol. The number of fused-ring (bicyclic) bond motifs is 2. The van der Waals surface area contributed by atoms with Crippen LogP contribution in [0.15, 0.2) is 64.3 Å². The molecule has 3 heterocycles. The summed E-state index contributed by atoms with van der Waals surface area (Å²) in [4.78, 5) is 47.7. The van der Waals surface area contributed by atoms with Crippen molar-refractivity contribution in [1.82, 2.24) is 19.4 Å². The second-order valence-corrected chi connectivity index (χ2v) is 8.12. The third-order valence-corrected chi connectivity index (χ3v) is 6.19. The molecule has 7 nitrogen and oxygen atoms in total. The predicted octanol–water partition coefficient (Wildman–Crippen LogP) is 2.97. The van der Waals surface area contributed by atoms with Crippen LogP contribution in [0.1, 0.15) is 30.9 Å². The number of amides is 1. The standard InChI is InChI=1S/C24H24N4O3/c29-22-18-9-3-5-11-20(18)26-24(31)28(22)21(23(30)27-12-6-1-7-13-27)14-16-15-25-19-10-4-2-8-17(16)19/h2-5,8-11,15,21,25H,1,6-7,12-14H2,(H,26,31). The summed E-state index contributed by atoms with van der Waals surface area (Å²) < 4.78 is 1.11. The highest BCUT2D eigenvalue weighted by Gasteiger charge is 2.30. The molecule has 0 spiro atoms. The van der Waals surface area contributed by atoms with Gasteiger partial charge in [-0.25, -0.2) is 9.36 Å². The molecule has 4 aromatic rings. The molecule has 1 atom stereocenters. The van der Waals surface area contributed by atoms with Crippen molar-refractivity contribution < 1.29 is 4.79 Å². The molecule has 1 fully saturated rings. The van der Waals surface area contributed by atoms with Crippen LogP contribution < -0.4 is 11.2 Å². The number of para-hydroxylation sites is 2. The Kier molecular flexibility index (Phi) is 4.94. The topological polar surface area (TPSA) is 91.0 Å². The van der Waals surface area contributed by atoms with Crippen molar-refractivity contribution in [3.63, 3.8) is 0 Å². The first kappa shape index (κ1) is 19.4. The first-order valence-corrected chi connectivity index (χ1v) is 10.7. The van der Waals surface area contributed by atoms with Crippen LogP contribution in [0.4, 0.5) is 0 Å². The number of H-pyrrole nitrogens is 2. The molecule has 2 aromatic heterocycles. The highest BCUT2D eigenvalue weighted by Crippen LogP contribution is 2.24. The number of hydrogen-bond donors (Lipinski definition) is 2. The number of likely N-dealkylation sites (tertiary alicyclic amines) is 1. The number of nitrogens with one attached hydrogen (secondary N) is 2. The molecule has 5 rings (SSSR count). The largest absolute Gasteiger partial charge is 0.361 e. The third kappa shape index (κ3) is 3.46. The van der Waals surface area contributed by atoms with Gasteiger partial charge in [-0.3, -0.25) is 9.59 Å². The van der Waals surface area contributed by atoms with Gasteiger partial charge in [0.25, 0.3) is 5.56 Å². The van der Waals surface area contributed by atoms with Crippen molar-refractivity contribution in [2.24, 2.45) is 0 Å². The summed E-state index contributed by atoms with van der Waals surface area (Å²) in [5.74, 6) is -0.173. The normalized spacial score (nSPS) is 15.4. The molecule has 0 radical (unpaired) electrons. The second-order valence-electron chi connectivity index (χ2n) is 8.12. The summed E-state index contributed by atoms with van der Waals surface area (Å²) in [7, 11) is 0. The lowest BCUT2D eigenvalue weighted by atomic mass is 10.0. The van der Waals surface area contributed by atoms with Crippen molar-refractivity contribution in [3.05, 3.63) is 81.1 Å². The summed E-state index contributed by atoms with van der Waals surface area (Å²) in [5, 5.41) is 1.39. The van der Waals surface area contributed by atoms with Crippen molar-refractivity contribution >= 4 is 27.7 Å². The molecular formula is C24H24N4O3. The van der Waals surface area contributed by atoms with E-state index >= 15 is 0 Å². The SMILES string of the molecule is O=C(C(Cc1c[nH]c2ccccc12)n1c(=O)[nH]c2ccccc2c1=O)N1CCCCC1. The summed E-state index contributed by atoms with van der Waals surface area (Å²) in [6.07, 6.45) is 5.10. The fraction of sp³-hybridized carbons (Fsp3) is 0.292. The van der Waals surface area contributed by atoms with Gasteiger partial charge in [0.2, 0.25) is 5.91 Å². The molecule has 1 aliphatic rings. The Morgan fingerprint density at radius 2 is 1.58 bits per heavy atom. The summed E-state index contributed by atoms with van der Waals surface area (Å²) in [5.41, 5.74) is 1.35. The molecule has 2 aromatic carbocycles. The molecular weight excluding hydrogens is 392 g/mol. The second kappa shape index (κ2) is 7.91. The fourth-order valence-corrected chi connectivity index (χ4v) is 4.58. The minimum Gasteiger partial charge on any atom is -0.361 e. The number of carbonyl (C=O) groups is 1. The maximum absolute atomic E-state index is 13.6. The lowest BCUT2D eigenvalue weighted by molar-refractivity contribution is -0.135. The molecule has 158 valence electrons. The van der Waals surface area contributed by atoms with Gasteiger partial charge >= 0.3 is 5.69 Å². The minimum atomic E-state index is -0.904. The van der Waals surface area contributed by atoms with Crippen LogP contribution in [0.5, 0.6) is 0 Å². The number of benzene rings is 2. The van der Waals surface area contributed by atoms with E-state index < -0.39 is 17.3 Å². The van der Waals surface area contributed by atoms with Gasteiger partial charge in [-0.05, 0) is 43.0 Å². The summed E-state index contributed by atoms with van der Waals surface area (Å²) >= 11 is 0. The van der Waals surface area contributed by atoms with Crippen LogP contribution in [-0.4, -0.2) is 38.4 Å². The Labute approximate surface area is 178 Å². The quantitative estimate of drug-likeness (QED) is 0.536. The zero-order valence-electron chi connectivity index (χ0n) is 17.1. The van der Waals surface area contributed by atoms with Gasteiger partial charge in [-0.1, -0.05) is 30.3 Å². The number of nitrogens with zero attached hydrogens (tertiary/aromatic N) is 2. The van der Waals surface area contributed by atoms with Gasteiger partial charge in [0.15, 0.2) is 0 Å². The molecule has 1 amide bonds. The number of carbonyl (C=O) groups excluding carboxylic acids is 1. The van der Waals surface area contributed by atoms with Crippen LogP contribution in [0.3, 0.4) is 0 Å². The van der Waals surface area contributed by atoms with Crippen LogP contribution in [0.2, 0.25) is 0 Å². The van der Waals surface area contributed by atoms with E-state index in [1.165, 1.54) is 0 Å². The maximum atomic E-state index is 13.6. The van der Waals surface area contributed by atoms with E-state index in [1.54, 1.807) is 29.2 Å². The van der Waals surface area contributed by atoms with Crippen LogP contribution in [-0.2, 0) is 11.2 Å². The van der Waals surface area contributed by atoms with Gasteiger partial charge in [-0.15, -0.1) is 0 Å². The van der Waals surface area contributed by atoms with Crippen molar-refractivity contribution in [2.45, 2.75) is 31.7 Å². The van der Waals surface area contributed by atoms with E-state index in [2.05, 4.69) is 9.97 Å². The molecule has 2 N–H and O–H groups in total. The van der Waals surface area contributed by atoms with Gasteiger partial charge in [-0.2, -0.15) is 0 Å². The average Bonchev–Trinajstić information content (AvgIpc) is 3.21. The van der Waals surface area contributed by atoms with Crippen molar-refractivity contribution in [2.75, 3.05) is 13.1 Å². The minimum absolute atomic E-state index is 0.173. The lowest BCUT2D eigenvalue weighted by Crippen LogP contribution is -2.48. The molecule has 1 saturated heterocycles. The maximum Gasteiger partial charge on any atom is 0.329 e. The Morgan fingerprint density at radius 1 is 0.903 bits per heavy atom. The van der Waals surface area contributed by atoms with Crippen molar-refractivity contribution in [3.8, 4) is 0 Å². The third-order valence-electron chi connectivity index (χ3n) is 6.19. The smallest absolute Gasteiger partial charge is 0.329 e. The Morgan fingerprint density at radius 3 is 2.35 bits per heavy atom. The number of hydrogen-bond acceptors (Lipinski definition) is 3. The molecule has 1 unspecified atom stereocenters. The van der Waals surface area contributed by atoms with Gasteiger partial charge in [0.05, 0.1) is 10.9 Å². The van der Waals surface area contributed by atoms with Gasteiger partial charge in [0, 0.05) is 36.6 Å². The number of piperidine rings is 1. The highest BCUT2D eigenvalue weighted by molar-refractivity contribution is 5.86. The van der Waals surface area contributed by atoms with Crippen LogP contribution in [0, 0.1) is 0 Å². The molecule has 1 aliphatic heterocycles. The molecule has 31 heavy (non-hydrogen) atoms. The number of aromatic amines is 2. The van der Waals surface area contributed by atoms with Gasteiger partial charge < -0.3 is 14.9 Å². The Balaban J connectivity index is 1.65. The summed E-state index contributed by atoms with van der Waals surface area (Å²) in [6, 6.07) is 13.8. The Bertz CT molecular complexity index is 1370. The lowest BCUT2D eigenvalue weighted by Gasteiger charge is -2.31. The van der Waals surface area contributed by atoms with E-state index in [-0.39, 0.29) is 12.3 Å². The van der Waals surface area contributed by atoms with Crippen molar-refractivity contribution in [1.29, 1.82) is 0 Å². The highest BCUT2D eigenvalue weighted by atomic mass is 16.2. The molecule has 7 heteroatoms. The van der Waals surface area contributed by atoms with Crippen LogP contribution in [0.25, 0.3) is 21.8 Å². The molecule has 0 bridgehead atoms. The molecule has 0 aliphatic carbocycles. The zero-order valence-corrected chi connectivity index (χ0v) is 17.1. The Hall–Kier alpha value is -3.61. The predicted molar refractivity (Wildman–Crippen MR) is 120 cm³/mol. The number of aromatic nitrogens is 3. The summed E-state index contributed by atoms with van der Waals surface area (Å²) in [6.45, 7) is 1.31. The van der Waals surface area contributed by atoms with E-state index in [1.807, 2.05) is 30.5 Å². The van der Waals surface area contributed by atoms with E-state index in [4.69, 9.17) is 0 Å². The zero-order chi connectivity index (χ0) is 21.4. The van der Waals surface area contributed by atoms with E-state index in [9.17, 15) is 14.4 Å².